The van der Waals surface area contributed by atoms with E-state index in [4.69, 9.17) is 20.4 Å². The maximum atomic E-state index is 15.9. The maximum absolute atomic E-state index is 15.9. The number of benzene rings is 2. The van der Waals surface area contributed by atoms with Gasteiger partial charge in [-0.15, -0.1) is 11.3 Å². The van der Waals surface area contributed by atoms with Gasteiger partial charge < -0.3 is 20.5 Å². The van der Waals surface area contributed by atoms with Crippen molar-refractivity contribution in [2.45, 2.75) is 32.1 Å². The van der Waals surface area contributed by atoms with E-state index in [1.807, 2.05) is 27.2 Å². The monoisotopic (exact) mass is 544 g/mol. The zero-order valence-corrected chi connectivity index (χ0v) is 23.0. The molecule has 0 saturated carbocycles. The van der Waals surface area contributed by atoms with Crippen molar-refractivity contribution in [3.63, 3.8) is 0 Å². The van der Waals surface area contributed by atoms with Crippen LogP contribution in [0.1, 0.15) is 35.6 Å². The lowest BCUT2D eigenvalue weighted by atomic mass is 9.85. The molecule has 3 N–H and O–H groups in total. The number of aromatic nitrogens is 2. The number of hydrogen-bond donors (Lipinski definition) is 2. The topological polar surface area (TPSA) is 112 Å². The number of halogens is 1. The summed E-state index contributed by atoms with van der Waals surface area (Å²) in [5.74, 6) is 0.100. The van der Waals surface area contributed by atoms with Crippen LogP contribution in [0.15, 0.2) is 24.9 Å². The number of fused-ring (bicyclic) bond motifs is 4. The number of nitriles is 1. The zero-order chi connectivity index (χ0) is 27.6. The number of nitrogens with two attached hydrogens (primary N) is 1. The minimum absolute atomic E-state index is 0.0321. The van der Waals surface area contributed by atoms with Gasteiger partial charge in [-0.1, -0.05) is 6.58 Å². The van der Waals surface area contributed by atoms with Gasteiger partial charge in [-0.25, -0.2) is 14.4 Å². The lowest BCUT2D eigenvalue weighted by molar-refractivity contribution is 0.0866. The Labute approximate surface area is 229 Å². The van der Waals surface area contributed by atoms with Crippen molar-refractivity contribution in [3.05, 3.63) is 53.0 Å². The van der Waals surface area contributed by atoms with E-state index in [2.05, 4.69) is 22.4 Å². The van der Waals surface area contributed by atoms with Gasteiger partial charge in [0.15, 0.2) is 0 Å². The van der Waals surface area contributed by atoms with Gasteiger partial charge in [0.05, 0.1) is 36.4 Å². The van der Waals surface area contributed by atoms with Crippen molar-refractivity contribution in [3.8, 4) is 17.2 Å². The molecule has 39 heavy (non-hydrogen) atoms. The number of thiophene rings is 1. The first-order valence-corrected chi connectivity index (χ1v) is 13.5. The van der Waals surface area contributed by atoms with E-state index in [0.717, 1.165) is 27.6 Å². The normalized spacial score (nSPS) is 18.8. The number of likely N-dealkylation sites (N-methyl/N-ethyl adjacent to an activating group) is 1. The van der Waals surface area contributed by atoms with E-state index in [1.54, 1.807) is 6.07 Å². The second-order valence-electron chi connectivity index (χ2n) is 10.6. The molecule has 1 saturated heterocycles. The van der Waals surface area contributed by atoms with Crippen LogP contribution < -0.4 is 10.6 Å². The standard InChI is InChI=1S/C29H29FN6O2S/c1-15(2)22-24(25-20(30)5-6-21-23(25)16(9-31)27(32)39-21)19-12-38-11-18(19)17-10-33-28(34-26(17)22)36-8-7-29(13-36,14-37)35(3)4/h5-6,10,37H,1,7-8,11-14,32H2,2-4H3. The Bertz CT molecular complexity index is 1730. The first kappa shape index (κ1) is 25.6. The molecular weight excluding hydrogens is 515 g/mol. The molecule has 200 valence electrons. The molecular formula is C29H29FN6O2S. The van der Waals surface area contributed by atoms with Gasteiger partial charge in [0.2, 0.25) is 5.95 Å². The third kappa shape index (κ3) is 3.72. The largest absolute Gasteiger partial charge is 0.394 e. The average Bonchev–Trinajstić information content (AvgIpc) is 3.65. The van der Waals surface area contributed by atoms with Crippen molar-refractivity contribution < 1.29 is 14.2 Å². The molecule has 1 unspecified atom stereocenters. The van der Waals surface area contributed by atoms with E-state index < -0.39 is 5.82 Å². The maximum Gasteiger partial charge on any atom is 0.225 e. The third-order valence-corrected chi connectivity index (χ3v) is 9.21. The quantitative estimate of drug-likeness (QED) is 0.373. The van der Waals surface area contributed by atoms with E-state index in [-0.39, 0.29) is 17.7 Å². The van der Waals surface area contributed by atoms with Crippen molar-refractivity contribution in [2.75, 3.05) is 44.4 Å². The van der Waals surface area contributed by atoms with Crippen LogP contribution in [-0.4, -0.2) is 59.3 Å². The summed E-state index contributed by atoms with van der Waals surface area (Å²) in [5, 5.41) is 21.8. The Hall–Kier alpha value is -3.62. The SMILES string of the molecule is C=C(C)c1c(-c2c(F)ccc3sc(N)c(C#N)c23)c2c(c3cnc(N4CCC(CO)(N(C)C)C4)nc13)COC2. The number of hydrogen-bond acceptors (Lipinski definition) is 9. The van der Waals surface area contributed by atoms with Crippen LogP contribution >= 0.6 is 11.3 Å². The number of nitrogens with zero attached hydrogens (tertiary/aromatic N) is 5. The van der Waals surface area contributed by atoms with E-state index in [1.165, 1.54) is 17.4 Å². The van der Waals surface area contributed by atoms with Crippen molar-refractivity contribution in [1.29, 1.82) is 5.26 Å². The minimum atomic E-state index is -0.444. The van der Waals surface area contributed by atoms with Gasteiger partial charge in [-0.05, 0) is 56.3 Å². The van der Waals surface area contributed by atoms with Crippen LogP contribution in [0, 0.1) is 17.1 Å². The average molecular weight is 545 g/mol. The van der Waals surface area contributed by atoms with Crippen molar-refractivity contribution in [2.24, 2.45) is 0 Å². The Morgan fingerprint density at radius 3 is 2.77 bits per heavy atom. The lowest BCUT2D eigenvalue weighted by Crippen LogP contribution is -2.49. The molecule has 6 rings (SSSR count). The molecule has 0 amide bonds. The van der Waals surface area contributed by atoms with E-state index in [9.17, 15) is 10.4 Å². The fraction of sp³-hybridized carbons (Fsp3) is 0.345. The first-order chi connectivity index (χ1) is 18.7. The van der Waals surface area contributed by atoms with Gasteiger partial charge in [0, 0.05) is 51.4 Å². The molecule has 2 aliphatic rings. The lowest BCUT2D eigenvalue weighted by Gasteiger charge is -2.34. The number of allylic oxidation sites excluding steroid dienone is 1. The molecule has 4 aromatic rings. The van der Waals surface area contributed by atoms with Gasteiger partial charge in [0.25, 0.3) is 0 Å². The third-order valence-electron chi connectivity index (χ3n) is 8.23. The molecule has 2 aromatic carbocycles. The molecule has 2 aromatic heterocycles. The molecule has 4 heterocycles. The van der Waals surface area contributed by atoms with E-state index >= 15 is 4.39 Å². The number of aliphatic hydroxyl groups excluding tert-OH is 1. The summed E-state index contributed by atoms with van der Waals surface area (Å²) < 4.78 is 22.5. The van der Waals surface area contributed by atoms with Crippen LogP contribution in [0.4, 0.5) is 15.3 Å². The molecule has 0 radical (unpaired) electrons. The van der Waals surface area contributed by atoms with Crippen LogP contribution in [0.25, 0.3) is 37.7 Å². The molecule has 8 nitrogen and oxygen atoms in total. The molecule has 0 spiro atoms. The first-order valence-electron chi connectivity index (χ1n) is 12.7. The summed E-state index contributed by atoms with van der Waals surface area (Å²) in [7, 11) is 3.94. The van der Waals surface area contributed by atoms with Gasteiger partial charge in [-0.2, -0.15) is 5.26 Å². The number of rotatable bonds is 5. The van der Waals surface area contributed by atoms with E-state index in [0.29, 0.717) is 70.4 Å². The van der Waals surface area contributed by atoms with Crippen LogP contribution in [0.5, 0.6) is 0 Å². The summed E-state index contributed by atoms with van der Waals surface area (Å²) in [6.45, 7) is 8.11. The highest BCUT2D eigenvalue weighted by molar-refractivity contribution is 7.23. The van der Waals surface area contributed by atoms with Crippen molar-refractivity contribution in [1.82, 2.24) is 14.9 Å². The van der Waals surface area contributed by atoms with Crippen LogP contribution in [0.2, 0.25) is 0 Å². The van der Waals surface area contributed by atoms with Crippen LogP contribution in [-0.2, 0) is 18.0 Å². The summed E-state index contributed by atoms with van der Waals surface area (Å²) in [4.78, 5) is 13.9. The summed E-state index contributed by atoms with van der Waals surface area (Å²) in [5.41, 5.74) is 10.9. The fourth-order valence-corrected chi connectivity index (χ4v) is 6.92. The molecule has 10 heteroatoms. The Morgan fingerprint density at radius 1 is 1.33 bits per heavy atom. The van der Waals surface area contributed by atoms with Gasteiger partial charge in [0.1, 0.15) is 16.9 Å². The molecule has 2 aliphatic heterocycles. The van der Waals surface area contributed by atoms with Gasteiger partial charge in [-0.3, -0.25) is 4.90 Å². The Kier molecular flexibility index (Phi) is 6.08. The molecule has 1 fully saturated rings. The summed E-state index contributed by atoms with van der Waals surface area (Å²) >= 11 is 1.27. The second-order valence-corrected chi connectivity index (χ2v) is 11.7. The zero-order valence-electron chi connectivity index (χ0n) is 22.1. The minimum Gasteiger partial charge on any atom is -0.394 e. The highest BCUT2D eigenvalue weighted by Gasteiger charge is 2.41. The number of ether oxygens (including phenoxy) is 1. The number of nitrogen functional groups attached to an aromatic ring is 1. The van der Waals surface area contributed by atoms with Crippen molar-refractivity contribution >= 4 is 48.8 Å². The highest BCUT2D eigenvalue weighted by Crippen LogP contribution is 2.48. The Balaban J connectivity index is 1.66. The Morgan fingerprint density at radius 2 is 2.10 bits per heavy atom. The molecule has 0 aliphatic carbocycles. The number of aliphatic hydroxyl groups is 1. The summed E-state index contributed by atoms with van der Waals surface area (Å²) in [6, 6.07) is 5.28. The number of anilines is 2. The molecule has 1 atom stereocenters. The molecule has 0 bridgehead atoms. The second kappa shape index (κ2) is 9.24. The smallest absolute Gasteiger partial charge is 0.225 e. The fourth-order valence-electron chi connectivity index (χ4n) is 5.99. The van der Waals surface area contributed by atoms with Crippen LogP contribution in [0.3, 0.4) is 0 Å². The summed E-state index contributed by atoms with van der Waals surface area (Å²) in [6.07, 6.45) is 2.59. The predicted octanol–water partition coefficient (Wildman–Crippen LogP) is 4.67. The van der Waals surface area contributed by atoms with Gasteiger partial charge >= 0.3 is 0 Å². The highest BCUT2D eigenvalue weighted by atomic mass is 32.1. The predicted molar refractivity (Wildman–Crippen MR) is 153 cm³/mol.